The summed E-state index contributed by atoms with van der Waals surface area (Å²) in [4.78, 5) is 28.5. The number of nitrogens with one attached hydrogen (secondary N) is 1. The molecule has 0 saturated carbocycles. The summed E-state index contributed by atoms with van der Waals surface area (Å²) in [6.45, 7) is 4.56. The van der Waals surface area contributed by atoms with Crippen LogP contribution in [0.3, 0.4) is 0 Å². The summed E-state index contributed by atoms with van der Waals surface area (Å²) in [6.07, 6.45) is 1.80. The van der Waals surface area contributed by atoms with Crippen LogP contribution >= 0.6 is 11.3 Å². The van der Waals surface area contributed by atoms with Gasteiger partial charge in [-0.3, -0.25) is 14.9 Å². The van der Waals surface area contributed by atoms with Crippen molar-refractivity contribution in [1.82, 2.24) is 14.8 Å². The third-order valence-corrected chi connectivity index (χ3v) is 4.52. The van der Waals surface area contributed by atoms with Crippen LogP contribution in [0.5, 0.6) is 0 Å². The molecule has 0 fully saturated rings. The number of rotatable bonds is 5. The lowest BCUT2D eigenvalue weighted by atomic mass is 10.2. The zero-order valence-electron chi connectivity index (χ0n) is 13.6. The summed E-state index contributed by atoms with van der Waals surface area (Å²) < 4.78 is 2.35. The Morgan fingerprint density at radius 3 is 2.92 bits per heavy atom. The third kappa shape index (κ3) is 3.51. The van der Waals surface area contributed by atoms with Gasteiger partial charge in [0, 0.05) is 12.6 Å². The van der Waals surface area contributed by atoms with Crippen molar-refractivity contribution >= 4 is 32.6 Å². The summed E-state index contributed by atoms with van der Waals surface area (Å²) in [6, 6.07) is 8.77. The number of benzene rings is 1. The van der Waals surface area contributed by atoms with Gasteiger partial charge in [-0.25, -0.2) is 9.67 Å². The number of unbranched alkanes of at least 4 members (excludes halogenated alkanes) is 1. The van der Waals surface area contributed by atoms with Crippen molar-refractivity contribution in [3.8, 4) is 0 Å². The van der Waals surface area contributed by atoms with Gasteiger partial charge in [-0.05, 0) is 37.1 Å². The number of anilines is 1. The number of fused-ring (bicyclic) bond motifs is 1. The van der Waals surface area contributed by atoms with E-state index in [4.69, 9.17) is 0 Å². The first kappa shape index (κ1) is 16.3. The Morgan fingerprint density at radius 1 is 1.29 bits per heavy atom. The molecule has 124 valence electrons. The van der Waals surface area contributed by atoms with Crippen LogP contribution in [0, 0.1) is 6.92 Å². The normalized spacial score (nSPS) is 10.9. The van der Waals surface area contributed by atoms with Gasteiger partial charge in [0.15, 0.2) is 5.13 Å². The van der Waals surface area contributed by atoms with Crippen LogP contribution in [-0.4, -0.2) is 20.7 Å². The first-order valence-corrected chi connectivity index (χ1v) is 8.65. The molecule has 0 aliphatic rings. The number of carbonyl (C=O) groups excluding carboxylic acids is 1. The van der Waals surface area contributed by atoms with E-state index in [-0.39, 0.29) is 17.2 Å². The van der Waals surface area contributed by atoms with Crippen LogP contribution in [0.2, 0.25) is 0 Å². The fraction of sp³-hybridized carbons (Fsp3) is 0.294. The number of nitrogens with zero attached hydrogens (tertiary/aromatic N) is 3. The van der Waals surface area contributed by atoms with E-state index >= 15 is 0 Å². The Kier molecular flexibility index (Phi) is 4.71. The van der Waals surface area contributed by atoms with Gasteiger partial charge in [-0.1, -0.05) is 30.7 Å². The number of thiazole rings is 1. The molecule has 0 bridgehead atoms. The zero-order chi connectivity index (χ0) is 17.1. The molecule has 2 heterocycles. The van der Waals surface area contributed by atoms with Crippen LogP contribution < -0.4 is 10.9 Å². The van der Waals surface area contributed by atoms with Crippen LogP contribution in [0.4, 0.5) is 5.13 Å². The first-order chi connectivity index (χ1) is 11.6. The van der Waals surface area contributed by atoms with Gasteiger partial charge in [-0.15, -0.1) is 0 Å². The molecule has 0 radical (unpaired) electrons. The highest BCUT2D eigenvalue weighted by Gasteiger charge is 2.12. The van der Waals surface area contributed by atoms with E-state index < -0.39 is 0 Å². The topological polar surface area (TPSA) is 76.9 Å². The van der Waals surface area contributed by atoms with Crippen molar-refractivity contribution < 1.29 is 4.79 Å². The van der Waals surface area contributed by atoms with E-state index in [2.05, 4.69) is 15.4 Å². The molecule has 1 N–H and O–H groups in total. The SMILES string of the molecule is CCCCn1nc(C(=O)Nc2nc3ccc(C)cc3s2)ccc1=O. The van der Waals surface area contributed by atoms with E-state index in [1.165, 1.54) is 28.2 Å². The predicted molar refractivity (Wildman–Crippen MR) is 95.7 cm³/mol. The van der Waals surface area contributed by atoms with Gasteiger partial charge in [0.05, 0.1) is 10.2 Å². The average Bonchev–Trinajstić information content (AvgIpc) is 2.95. The van der Waals surface area contributed by atoms with Crippen molar-refractivity contribution in [2.45, 2.75) is 33.2 Å². The molecule has 0 saturated heterocycles. The number of aromatic nitrogens is 3. The molecule has 1 amide bonds. The Morgan fingerprint density at radius 2 is 2.12 bits per heavy atom. The van der Waals surface area contributed by atoms with Crippen molar-refractivity contribution in [2.75, 3.05) is 5.32 Å². The van der Waals surface area contributed by atoms with Gasteiger partial charge >= 0.3 is 0 Å². The lowest BCUT2D eigenvalue weighted by Gasteiger charge is -2.05. The standard InChI is InChI=1S/C17H18N4O2S/c1-3-4-9-21-15(22)8-7-13(20-21)16(23)19-17-18-12-6-5-11(2)10-14(12)24-17/h5-8,10H,3-4,9H2,1-2H3,(H,18,19,23). The van der Waals surface area contributed by atoms with E-state index in [0.717, 1.165) is 28.6 Å². The van der Waals surface area contributed by atoms with Crippen molar-refractivity contribution in [3.63, 3.8) is 0 Å². The van der Waals surface area contributed by atoms with E-state index in [9.17, 15) is 9.59 Å². The van der Waals surface area contributed by atoms with Crippen LogP contribution in [0.15, 0.2) is 35.1 Å². The Labute approximate surface area is 143 Å². The van der Waals surface area contributed by atoms with Gasteiger partial charge < -0.3 is 0 Å². The molecule has 6 nitrogen and oxygen atoms in total. The largest absolute Gasteiger partial charge is 0.296 e. The molecule has 24 heavy (non-hydrogen) atoms. The highest BCUT2D eigenvalue weighted by molar-refractivity contribution is 7.22. The number of hydrogen-bond donors (Lipinski definition) is 1. The summed E-state index contributed by atoms with van der Waals surface area (Å²) in [5.41, 5.74) is 2.01. The fourth-order valence-corrected chi connectivity index (χ4v) is 3.24. The highest BCUT2D eigenvalue weighted by atomic mass is 32.1. The van der Waals surface area contributed by atoms with Crippen molar-refractivity contribution in [2.24, 2.45) is 0 Å². The molecule has 3 rings (SSSR count). The molecule has 0 unspecified atom stereocenters. The quantitative estimate of drug-likeness (QED) is 0.772. The second-order valence-electron chi connectivity index (χ2n) is 5.58. The lowest BCUT2D eigenvalue weighted by molar-refractivity contribution is 0.102. The number of hydrogen-bond acceptors (Lipinski definition) is 5. The summed E-state index contributed by atoms with van der Waals surface area (Å²) in [5.74, 6) is -0.365. The number of amides is 1. The molecule has 3 aromatic rings. The molecule has 0 aliphatic carbocycles. The highest BCUT2D eigenvalue weighted by Crippen LogP contribution is 2.26. The average molecular weight is 342 g/mol. The lowest BCUT2D eigenvalue weighted by Crippen LogP contribution is -2.26. The second kappa shape index (κ2) is 6.92. The summed E-state index contributed by atoms with van der Waals surface area (Å²) in [5, 5.41) is 7.43. The van der Waals surface area contributed by atoms with Gasteiger partial charge in [0.25, 0.3) is 11.5 Å². The van der Waals surface area contributed by atoms with E-state index in [1.807, 2.05) is 32.0 Å². The van der Waals surface area contributed by atoms with Crippen LogP contribution in [0.25, 0.3) is 10.2 Å². The maximum atomic E-state index is 12.4. The molecular weight excluding hydrogens is 324 g/mol. The summed E-state index contributed by atoms with van der Waals surface area (Å²) >= 11 is 1.42. The maximum Gasteiger partial charge on any atom is 0.277 e. The maximum absolute atomic E-state index is 12.4. The van der Waals surface area contributed by atoms with Gasteiger partial charge in [0.2, 0.25) is 0 Å². The predicted octanol–water partition coefficient (Wildman–Crippen LogP) is 3.21. The Bertz CT molecular complexity index is 945. The van der Waals surface area contributed by atoms with E-state index in [1.54, 1.807) is 0 Å². The Hall–Kier alpha value is -2.54. The smallest absolute Gasteiger partial charge is 0.277 e. The van der Waals surface area contributed by atoms with Crippen molar-refractivity contribution in [1.29, 1.82) is 0 Å². The van der Waals surface area contributed by atoms with Gasteiger partial charge in [-0.2, -0.15) is 5.10 Å². The van der Waals surface area contributed by atoms with Crippen molar-refractivity contribution in [3.05, 3.63) is 51.9 Å². The van der Waals surface area contributed by atoms with Crippen LogP contribution in [-0.2, 0) is 6.54 Å². The third-order valence-electron chi connectivity index (χ3n) is 3.59. The fourth-order valence-electron chi connectivity index (χ4n) is 2.28. The van der Waals surface area contributed by atoms with Crippen LogP contribution in [0.1, 0.15) is 35.8 Å². The minimum Gasteiger partial charge on any atom is -0.296 e. The minimum atomic E-state index is -0.365. The summed E-state index contributed by atoms with van der Waals surface area (Å²) in [7, 11) is 0. The molecule has 0 spiro atoms. The molecule has 1 aromatic carbocycles. The molecule has 2 aromatic heterocycles. The minimum absolute atomic E-state index is 0.199. The monoisotopic (exact) mass is 342 g/mol. The first-order valence-electron chi connectivity index (χ1n) is 7.83. The molecule has 0 aliphatic heterocycles. The zero-order valence-corrected chi connectivity index (χ0v) is 14.4. The number of carbonyl (C=O) groups is 1. The number of aryl methyl sites for hydroxylation is 2. The second-order valence-corrected chi connectivity index (χ2v) is 6.61. The molecular formula is C17H18N4O2S. The Balaban J connectivity index is 1.81. The molecule has 7 heteroatoms. The van der Waals surface area contributed by atoms with E-state index in [0.29, 0.717) is 11.7 Å². The molecule has 0 atom stereocenters. The van der Waals surface area contributed by atoms with Gasteiger partial charge in [0.1, 0.15) is 5.69 Å².